The number of alkyl halides is 3. The number of hydrogen-bond donors (Lipinski definition) is 3. The monoisotopic (exact) mass is 521 g/mol. The number of benzene rings is 1. The van der Waals surface area contributed by atoms with Crippen LogP contribution in [-0.4, -0.2) is 42.6 Å². The summed E-state index contributed by atoms with van der Waals surface area (Å²) >= 11 is 0. The molecule has 0 saturated heterocycles. The summed E-state index contributed by atoms with van der Waals surface area (Å²) in [6, 6.07) is 6.66. The van der Waals surface area contributed by atoms with Gasteiger partial charge in [0.15, 0.2) is 0 Å². The fraction of sp³-hybridized carbons (Fsp3) is 0.273. The van der Waals surface area contributed by atoms with Gasteiger partial charge in [0, 0.05) is 42.9 Å². The molecular formula is C22H22F3N7O3S. The van der Waals surface area contributed by atoms with Gasteiger partial charge in [-0.15, -0.1) is 0 Å². The molecule has 1 amide bonds. The summed E-state index contributed by atoms with van der Waals surface area (Å²) < 4.78 is 66.0. The molecule has 2 aromatic heterocycles. The minimum absolute atomic E-state index is 0.0803. The zero-order chi connectivity index (χ0) is 26.3. The van der Waals surface area contributed by atoms with Crippen LogP contribution in [0.4, 0.5) is 42.1 Å². The molecule has 0 saturated carbocycles. The van der Waals surface area contributed by atoms with Crippen LogP contribution in [0.15, 0.2) is 36.7 Å². The lowest BCUT2D eigenvalue weighted by Gasteiger charge is -2.20. The third-order valence-electron chi connectivity index (χ3n) is 5.41. The maximum atomic E-state index is 13.7. The van der Waals surface area contributed by atoms with Crippen molar-refractivity contribution in [2.24, 2.45) is 0 Å². The normalized spacial score (nSPS) is 13.2. The Hall–Kier alpha value is -3.94. The van der Waals surface area contributed by atoms with Crippen LogP contribution in [0.3, 0.4) is 0 Å². The highest BCUT2D eigenvalue weighted by Crippen LogP contribution is 2.35. The van der Waals surface area contributed by atoms with E-state index in [4.69, 9.17) is 0 Å². The second kappa shape index (κ2) is 9.26. The molecule has 0 fully saturated rings. The highest BCUT2D eigenvalue weighted by Gasteiger charge is 2.35. The predicted octanol–water partition coefficient (Wildman–Crippen LogP) is 3.44. The van der Waals surface area contributed by atoms with Crippen LogP contribution in [-0.2, 0) is 34.0 Å². The number of fused-ring (bicyclic) bond motifs is 1. The lowest BCUT2D eigenvalue weighted by molar-refractivity contribution is -0.137. The van der Waals surface area contributed by atoms with E-state index in [1.54, 1.807) is 31.2 Å². The lowest BCUT2D eigenvalue weighted by atomic mass is 10.1. The van der Waals surface area contributed by atoms with Gasteiger partial charge in [-0.3, -0.25) is 9.10 Å². The van der Waals surface area contributed by atoms with Crippen molar-refractivity contribution >= 4 is 44.9 Å². The van der Waals surface area contributed by atoms with Crippen molar-refractivity contribution in [2.75, 3.05) is 33.6 Å². The van der Waals surface area contributed by atoms with E-state index in [1.165, 1.54) is 13.2 Å². The van der Waals surface area contributed by atoms with Crippen LogP contribution in [0.1, 0.15) is 22.3 Å². The lowest BCUT2D eigenvalue weighted by Crippen LogP contribution is -2.27. The second-order valence-electron chi connectivity index (χ2n) is 8.25. The van der Waals surface area contributed by atoms with E-state index in [0.717, 1.165) is 16.1 Å². The van der Waals surface area contributed by atoms with Crippen molar-refractivity contribution in [1.82, 2.24) is 15.0 Å². The van der Waals surface area contributed by atoms with E-state index in [0.29, 0.717) is 28.7 Å². The van der Waals surface area contributed by atoms with Gasteiger partial charge in [-0.25, -0.2) is 18.4 Å². The van der Waals surface area contributed by atoms with Crippen molar-refractivity contribution < 1.29 is 26.4 Å². The van der Waals surface area contributed by atoms with E-state index < -0.39 is 27.6 Å². The number of pyridine rings is 1. The molecule has 4 rings (SSSR count). The maximum absolute atomic E-state index is 13.7. The van der Waals surface area contributed by atoms with Crippen LogP contribution in [0.2, 0.25) is 0 Å². The number of anilines is 5. The van der Waals surface area contributed by atoms with Gasteiger partial charge in [0.1, 0.15) is 17.2 Å². The number of halogens is 3. The van der Waals surface area contributed by atoms with Gasteiger partial charge in [-0.1, -0.05) is 6.07 Å². The Morgan fingerprint density at radius 2 is 1.92 bits per heavy atom. The smallest absolute Gasteiger partial charge is 0.365 e. The van der Waals surface area contributed by atoms with E-state index in [1.807, 2.05) is 0 Å². The first-order valence-corrected chi connectivity index (χ1v) is 12.4. The van der Waals surface area contributed by atoms with Crippen LogP contribution in [0, 0.1) is 6.92 Å². The fourth-order valence-corrected chi connectivity index (χ4v) is 4.06. The summed E-state index contributed by atoms with van der Waals surface area (Å²) in [5, 5.41) is 8.20. The fourth-order valence-electron chi connectivity index (χ4n) is 3.58. The molecule has 1 aromatic carbocycles. The Bertz CT molecular complexity index is 1450. The predicted molar refractivity (Wildman–Crippen MR) is 129 cm³/mol. The SMILES string of the molecule is Cc1cnc(N(C)S(C)(=O)=O)c(CNc2nc(Nc3ccc4c(c3)NC(=O)C4)ncc2C(F)(F)F)c1. The van der Waals surface area contributed by atoms with Gasteiger partial charge in [-0.05, 0) is 36.2 Å². The summed E-state index contributed by atoms with van der Waals surface area (Å²) in [6.07, 6.45) is -1.36. The molecule has 0 radical (unpaired) electrons. The molecule has 0 bridgehead atoms. The van der Waals surface area contributed by atoms with Crippen LogP contribution < -0.4 is 20.3 Å². The molecule has 1 aliphatic heterocycles. The van der Waals surface area contributed by atoms with E-state index in [-0.39, 0.29) is 30.6 Å². The quantitative estimate of drug-likeness (QED) is 0.431. The molecule has 0 spiro atoms. The number of nitrogens with one attached hydrogen (secondary N) is 3. The Morgan fingerprint density at radius 3 is 2.61 bits per heavy atom. The number of aromatic nitrogens is 3. The summed E-state index contributed by atoms with van der Waals surface area (Å²) in [4.78, 5) is 23.5. The highest BCUT2D eigenvalue weighted by molar-refractivity contribution is 7.92. The van der Waals surface area contributed by atoms with E-state index in [2.05, 4.69) is 30.9 Å². The van der Waals surface area contributed by atoms with E-state index >= 15 is 0 Å². The number of carbonyl (C=O) groups is 1. The van der Waals surface area contributed by atoms with Crippen molar-refractivity contribution in [1.29, 1.82) is 0 Å². The van der Waals surface area contributed by atoms with Crippen molar-refractivity contribution in [2.45, 2.75) is 26.1 Å². The van der Waals surface area contributed by atoms with Gasteiger partial charge >= 0.3 is 6.18 Å². The summed E-state index contributed by atoms with van der Waals surface area (Å²) in [6.45, 7) is 1.54. The minimum atomic E-state index is -4.74. The molecule has 0 unspecified atom stereocenters. The van der Waals surface area contributed by atoms with Gasteiger partial charge in [0.2, 0.25) is 21.9 Å². The molecule has 0 atom stereocenters. The first-order chi connectivity index (χ1) is 16.8. The Balaban J connectivity index is 1.63. The molecule has 10 nitrogen and oxygen atoms in total. The summed E-state index contributed by atoms with van der Waals surface area (Å²) in [5.74, 6) is -0.669. The van der Waals surface area contributed by atoms with E-state index in [9.17, 15) is 26.4 Å². The highest BCUT2D eigenvalue weighted by atomic mass is 32.2. The van der Waals surface area contributed by atoms with Crippen molar-refractivity contribution in [3.63, 3.8) is 0 Å². The standard InChI is InChI=1S/C22H22F3N7O3S/c1-12-6-14(20(27-9-12)32(2)36(3,34)35)10-26-19-16(22(23,24)25)11-28-21(31-19)29-15-5-4-13-7-18(33)30-17(13)8-15/h4-6,8-9,11H,7,10H2,1-3H3,(H,30,33)(H2,26,28,29,31). The zero-order valence-electron chi connectivity index (χ0n) is 19.4. The number of nitrogens with zero attached hydrogens (tertiary/aromatic N) is 4. The molecule has 3 N–H and O–H groups in total. The van der Waals surface area contributed by atoms with Gasteiger partial charge in [0.05, 0.1) is 12.7 Å². The van der Waals surface area contributed by atoms with Gasteiger partial charge in [-0.2, -0.15) is 18.2 Å². The maximum Gasteiger partial charge on any atom is 0.421 e. The molecule has 3 heterocycles. The largest absolute Gasteiger partial charge is 0.421 e. The minimum Gasteiger partial charge on any atom is -0.365 e. The van der Waals surface area contributed by atoms with Crippen molar-refractivity contribution in [3.05, 3.63) is 58.9 Å². The molecule has 0 aliphatic carbocycles. The molecule has 14 heteroatoms. The molecule has 1 aliphatic rings. The van der Waals surface area contributed by atoms with Gasteiger partial charge < -0.3 is 16.0 Å². The topological polar surface area (TPSA) is 129 Å². The third kappa shape index (κ3) is 5.48. The zero-order valence-corrected chi connectivity index (χ0v) is 20.3. The second-order valence-corrected chi connectivity index (χ2v) is 10.3. The van der Waals surface area contributed by atoms with Gasteiger partial charge in [0.25, 0.3) is 0 Å². The molecule has 3 aromatic rings. The van der Waals surface area contributed by atoms with Crippen LogP contribution in [0.25, 0.3) is 0 Å². The number of sulfonamides is 1. The Kier molecular flexibility index (Phi) is 6.47. The number of rotatable bonds is 7. The first-order valence-electron chi connectivity index (χ1n) is 10.6. The number of carbonyl (C=O) groups excluding carboxylic acids is 1. The molecular weight excluding hydrogens is 499 g/mol. The average Bonchev–Trinajstić information content (AvgIpc) is 3.15. The Labute approximate surface area is 205 Å². The van der Waals surface area contributed by atoms with Crippen LogP contribution in [0.5, 0.6) is 0 Å². The first kappa shape index (κ1) is 25.2. The average molecular weight is 522 g/mol. The van der Waals surface area contributed by atoms with Crippen LogP contribution >= 0.6 is 0 Å². The Morgan fingerprint density at radius 1 is 1.17 bits per heavy atom. The summed E-state index contributed by atoms with van der Waals surface area (Å²) in [7, 11) is -2.34. The van der Waals surface area contributed by atoms with Crippen molar-refractivity contribution in [3.8, 4) is 0 Å². The number of amides is 1. The molecule has 36 heavy (non-hydrogen) atoms. The number of hydrogen-bond acceptors (Lipinski definition) is 8. The summed E-state index contributed by atoms with van der Waals surface area (Å²) in [5.41, 5.74) is 1.85. The third-order valence-corrected chi connectivity index (χ3v) is 6.57. The number of aryl methyl sites for hydroxylation is 1. The molecule has 190 valence electrons.